The summed E-state index contributed by atoms with van der Waals surface area (Å²) in [7, 11) is 0. The lowest BCUT2D eigenvalue weighted by Gasteiger charge is -2.42. The number of rotatable bonds is 64. The Bertz CT molecular complexity index is 3510. The molecule has 0 radical (unpaired) electrons. The van der Waals surface area contributed by atoms with Gasteiger partial charge >= 0.3 is 6.09 Å². The predicted octanol–water partition coefficient (Wildman–Crippen LogP) is -1.26. The number of carboxylic acid groups (broad SMARTS) is 1. The van der Waals surface area contributed by atoms with Crippen molar-refractivity contribution < 1.29 is 157 Å². The summed E-state index contributed by atoms with van der Waals surface area (Å²) in [5, 5.41) is 49.1. The van der Waals surface area contributed by atoms with Crippen LogP contribution in [-0.2, 0) is 187 Å². The second kappa shape index (κ2) is 48.2. The Morgan fingerprint density at radius 2 is 0.685 bits per heavy atom. The summed E-state index contributed by atoms with van der Waals surface area (Å²) in [5.41, 5.74) is -2.48. The van der Waals surface area contributed by atoms with Crippen molar-refractivity contribution >= 4 is 29.7 Å². The zero-order valence-electron chi connectivity index (χ0n) is 74.2. The highest BCUT2D eigenvalue weighted by Crippen LogP contribution is 2.50. The smallest absolute Gasteiger partial charge is 0.404 e. The van der Waals surface area contributed by atoms with Gasteiger partial charge in [0, 0.05) is 33.7 Å². The van der Waals surface area contributed by atoms with E-state index in [-0.39, 0.29) is 116 Å². The van der Waals surface area contributed by atoms with Crippen LogP contribution in [0.5, 0.6) is 0 Å². The minimum absolute atomic E-state index is 0.00484. The molecule has 718 valence electrons. The number of amides is 5. The van der Waals surface area contributed by atoms with Gasteiger partial charge in [0.05, 0.1) is 256 Å². The minimum Gasteiger partial charge on any atom is -0.465 e. The van der Waals surface area contributed by atoms with E-state index in [1.165, 1.54) is 20.8 Å². The van der Waals surface area contributed by atoms with E-state index in [1.54, 1.807) is 32.6 Å². The molecule has 127 heavy (non-hydrogen) atoms. The average Bonchev–Trinajstić information content (AvgIpc) is 1.58. The molecule has 0 saturated carbocycles. The third-order valence-electron chi connectivity index (χ3n) is 21.7. The Morgan fingerprint density at radius 3 is 0.976 bits per heavy atom. The van der Waals surface area contributed by atoms with Gasteiger partial charge in [-0.05, 0) is 54.4 Å². The SMILES string of the molecule is CC(=O)N[C@H]1[C@H]2OC[C@](COCCOCCOCCOCCn3cc(COCC(COCc4cn(CCOCCOCCOCCOC[C@@]56CO[C@@H](O5)[C@H](NC(C)=O)[C@H]5OC(C)(C)O[C@H]56)nn4)(COCc4cn(CCOCCOCCOCCOC[C@@]56CO[C@@H](O5)[C@H](NC(C)=O)[C@H]5OC(C)(C)O[C@H]56)nn4)NC(=O)CCCCCNC(=O)O)nn3)(O2)[C@@H]2OC(C)(C)O[C@H]12. The monoisotopic (exact) mass is 1810 g/mol. The molecule has 9 aliphatic heterocycles. The molecule has 3 aromatic heterocycles. The predicted molar refractivity (Wildman–Crippen MR) is 429 cm³/mol. The minimum atomic E-state index is -1.31. The maximum Gasteiger partial charge on any atom is 0.404 e. The summed E-state index contributed by atoms with van der Waals surface area (Å²) in [6.07, 6.45) is 0.750. The Balaban J connectivity index is 0.551. The molecule has 15 atom stereocenters. The highest BCUT2D eigenvalue weighted by Gasteiger charge is 2.69. The van der Waals surface area contributed by atoms with Crippen LogP contribution in [0.25, 0.3) is 0 Å². The fourth-order valence-corrected chi connectivity index (χ4v) is 16.2. The summed E-state index contributed by atoms with van der Waals surface area (Å²) in [5.74, 6) is -3.61. The van der Waals surface area contributed by atoms with E-state index < -0.39 is 119 Å². The standard InChI is InChI=1S/C80H130N14O33/c1-54(95)82-61-64-67(122-74(4,5)119-64)78(51-116-70(61)125-78)48-110-36-33-107-30-27-104-24-21-101-18-15-92-39-57(86-89-92)42-113-45-77(85-60(98)13-11-10-12-14-81-73(99)100,46-114-43-58-40-93(90-87-58)16-19-102-22-25-105-28-31-108-34-37-111-49-79-52-117-71(126-79)62(83-55(2)96)65-68(79)123-75(6,7)120-65)47-115-44-59-41-94(91-88-59)17-20-103-23-26-106-29-32-109-35-38-112-50-80-53-118-72(127-80)63(84-56(3)97)66-69(80)124-76(8,9)121-66/h39-41,61-72,81H,10-38,42-53H2,1-9H3,(H,82,95)(H,83,96)(H,84,97)(H,85,98)(H,99,100)/t61-,62-,63-,64-,65-,66-,67-,68-,69-,70+,71+,72+,78+,79+,80+/m1/s1. The van der Waals surface area contributed by atoms with Gasteiger partial charge in [0.25, 0.3) is 0 Å². The van der Waals surface area contributed by atoms with Crippen LogP contribution in [0.1, 0.15) is 105 Å². The molecular weight excluding hydrogens is 1680 g/mol. The van der Waals surface area contributed by atoms with Crippen LogP contribution in [-0.4, -0.2) is 398 Å². The van der Waals surface area contributed by atoms with Gasteiger partial charge < -0.3 is 160 Å². The Labute approximate surface area is 736 Å². The Morgan fingerprint density at radius 1 is 0.394 bits per heavy atom. The number of ether oxygens (including phenoxy) is 27. The van der Waals surface area contributed by atoms with E-state index >= 15 is 0 Å². The van der Waals surface area contributed by atoms with Crippen LogP contribution >= 0.6 is 0 Å². The first-order valence-corrected chi connectivity index (χ1v) is 43.6. The third-order valence-corrected chi connectivity index (χ3v) is 21.7. The van der Waals surface area contributed by atoms with Crippen LogP contribution < -0.4 is 26.6 Å². The summed E-state index contributed by atoms with van der Waals surface area (Å²) >= 11 is 0. The topological polar surface area (TPSA) is 507 Å². The zero-order valence-corrected chi connectivity index (χ0v) is 74.2. The van der Waals surface area contributed by atoms with Gasteiger partial charge in [0.2, 0.25) is 23.6 Å². The largest absolute Gasteiger partial charge is 0.465 e. The summed E-state index contributed by atoms with van der Waals surface area (Å²) < 4.78 is 168. The lowest BCUT2D eigenvalue weighted by molar-refractivity contribution is -0.214. The van der Waals surface area contributed by atoms with Gasteiger partial charge in [0.1, 0.15) is 94.2 Å². The second-order valence-electron chi connectivity index (χ2n) is 33.8. The number of hydrogen-bond acceptors (Lipinski definition) is 38. The van der Waals surface area contributed by atoms with Crippen molar-refractivity contribution in [2.75, 3.05) is 205 Å². The summed E-state index contributed by atoms with van der Waals surface area (Å²) in [6, 6.07) is -1.57. The number of hydrogen-bond donors (Lipinski definition) is 6. The molecule has 9 aliphatic rings. The van der Waals surface area contributed by atoms with Crippen LogP contribution in [0.15, 0.2) is 18.6 Å². The molecule has 6 bridgehead atoms. The first-order valence-electron chi connectivity index (χ1n) is 43.6. The maximum absolute atomic E-state index is 14.0. The number of carbonyl (C=O) groups excluding carboxylic acids is 4. The van der Waals surface area contributed by atoms with E-state index in [1.807, 2.05) is 41.5 Å². The van der Waals surface area contributed by atoms with Crippen molar-refractivity contribution in [3.63, 3.8) is 0 Å². The average molecular weight is 1820 g/mol. The molecule has 9 fully saturated rings. The second-order valence-corrected chi connectivity index (χ2v) is 33.8. The highest BCUT2D eigenvalue weighted by molar-refractivity contribution is 5.77. The molecule has 12 rings (SSSR count). The van der Waals surface area contributed by atoms with E-state index in [9.17, 15) is 24.0 Å². The molecular formula is C80H130N14O33. The molecule has 6 N–H and O–H groups in total. The first kappa shape index (κ1) is 99.5. The van der Waals surface area contributed by atoms with Crippen LogP contribution in [0.4, 0.5) is 4.79 Å². The van der Waals surface area contributed by atoms with E-state index in [0.717, 1.165) is 0 Å². The van der Waals surface area contributed by atoms with E-state index in [0.29, 0.717) is 195 Å². The van der Waals surface area contributed by atoms with Crippen molar-refractivity contribution in [2.24, 2.45) is 0 Å². The van der Waals surface area contributed by atoms with Gasteiger partial charge in [-0.25, -0.2) is 18.8 Å². The number of carbonyl (C=O) groups is 5. The normalized spacial score (nSPS) is 28.0. The van der Waals surface area contributed by atoms with Crippen molar-refractivity contribution in [1.82, 2.24) is 71.6 Å². The van der Waals surface area contributed by atoms with E-state index in [4.69, 9.17) is 133 Å². The fourth-order valence-electron chi connectivity index (χ4n) is 16.2. The van der Waals surface area contributed by atoms with Crippen LogP contribution in [0.2, 0.25) is 0 Å². The zero-order chi connectivity index (χ0) is 89.8. The van der Waals surface area contributed by atoms with Crippen molar-refractivity contribution in [2.45, 2.75) is 241 Å². The molecule has 47 nitrogen and oxygen atoms in total. The molecule has 47 heteroatoms. The molecule has 5 amide bonds. The summed E-state index contributed by atoms with van der Waals surface area (Å²) in [4.78, 5) is 61.1. The van der Waals surface area contributed by atoms with Crippen molar-refractivity contribution in [3.05, 3.63) is 35.7 Å². The third kappa shape index (κ3) is 29.7. The number of nitrogens with one attached hydrogen (secondary N) is 5. The first-order chi connectivity index (χ1) is 61.2. The molecule has 0 unspecified atom stereocenters. The molecule has 0 aromatic carbocycles. The van der Waals surface area contributed by atoms with Gasteiger partial charge in [-0.2, -0.15) is 0 Å². The number of nitrogens with zero attached hydrogens (tertiary/aromatic N) is 9. The molecule has 12 heterocycles. The van der Waals surface area contributed by atoms with Crippen LogP contribution in [0.3, 0.4) is 0 Å². The highest BCUT2D eigenvalue weighted by atomic mass is 16.8. The molecule has 9 saturated heterocycles. The van der Waals surface area contributed by atoms with Crippen molar-refractivity contribution in [3.8, 4) is 0 Å². The Kier molecular flexibility index (Phi) is 37.8. The quantitative estimate of drug-likeness (QED) is 0.0359. The maximum atomic E-state index is 14.0. The van der Waals surface area contributed by atoms with Gasteiger partial charge in [0.15, 0.2) is 36.2 Å². The molecule has 3 aromatic rings. The van der Waals surface area contributed by atoms with Gasteiger partial charge in [-0.15, -0.1) is 15.3 Å². The number of unbranched alkanes of at least 4 members (excludes halogenated alkanes) is 2. The lowest BCUT2D eigenvalue weighted by Crippen LogP contribution is -2.65. The fraction of sp³-hybridized carbons (Fsp3) is 0.863. The van der Waals surface area contributed by atoms with Gasteiger partial charge in [-0.3, -0.25) is 19.2 Å². The molecule has 0 spiro atoms. The van der Waals surface area contributed by atoms with E-state index in [2.05, 4.69) is 57.5 Å². The van der Waals surface area contributed by atoms with Crippen LogP contribution in [0, 0.1) is 0 Å². The number of fused-ring (bicyclic) bond motifs is 12. The Hall–Kier alpha value is -6.51. The summed E-state index contributed by atoms with van der Waals surface area (Å²) in [6.45, 7) is 24.3. The molecule has 0 aliphatic carbocycles. The number of aromatic nitrogens is 9. The van der Waals surface area contributed by atoms with Crippen molar-refractivity contribution in [1.29, 1.82) is 0 Å². The van der Waals surface area contributed by atoms with Gasteiger partial charge in [-0.1, -0.05) is 22.1 Å². The lowest BCUT2D eigenvalue weighted by atomic mass is 9.88.